The van der Waals surface area contributed by atoms with E-state index in [4.69, 9.17) is 9.73 Å². The Morgan fingerprint density at radius 1 is 1.23 bits per heavy atom. The van der Waals surface area contributed by atoms with Gasteiger partial charge in [0.2, 0.25) is 11.9 Å². The maximum atomic E-state index is 13.3. The van der Waals surface area contributed by atoms with Crippen molar-refractivity contribution in [3.63, 3.8) is 0 Å². The first-order chi connectivity index (χ1) is 14.3. The Kier molecular flexibility index (Phi) is 5.26. The molecule has 1 aromatic carbocycles. The first kappa shape index (κ1) is 20.4. The minimum atomic E-state index is -0.547. The molecule has 2 unspecified atom stereocenters. The molecule has 0 spiro atoms. The number of guanidine groups is 1. The Morgan fingerprint density at radius 3 is 2.57 bits per heavy atom. The van der Waals surface area contributed by atoms with Crippen LogP contribution in [-0.2, 0) is 4.79 Å². The maximum Gasteiger partial charge on any atom is 0.397 e. The summed E-state index contributed by atoms with van der Waals surface area (Å²) in [4.78, 5) is 36.0. The molecule has 160 valence electrons. The van der Waals surface area contributed by atoms with Crippen molar-refractivity contribution in [2.45, 2.75) is 33.7 Å². The van der Waals surface area contributed by atoms with Gasteiger partial charge in [-0.1, -0.05) is 25.8 Å². The van der Waals surface area contributed by atoms with Crippen molar-refractivity contribution in [1.29, 1.82) is 0 Å². The van der Waals surface area contributed by atoms with Crippen LogP contribution < -0.4 is 9.64 Å². The van der Waals surface area contributed by atoms with E-state index < -0.39 is 6.04 Å². The third-order valence-electron chi connectivity index (χ3n) is 5.64. The van der Waals surface area contributed by atoms with Gasteiger partial charge in [-0.2, -0.15) is 0 Å². The number of anilines is 1. The molecule has 3 amide bonds. The van der Waals surface area contributed by atoms with Crippen LogP contribution in [0.15, 0.2) is 29.3 Å². The number of nitrogens with zero attached hydrogens (tertiary/aromatic N) is 5. The van der Waals surface area contributed by atoms with E-state index in [1.807, 2.05) is 45.0 Å². The van der Waals surface area contributed by atoms with Crippen molar-refractivity contribution >= 4 is 29.4 Å². The molecule has 3 heterocycles. The molecule has 1 saturated heterocycles. The van der Waals surface area contributed by atoms with Gasteiger partial charge in [0.05, 0.1) is 19.7 Å². The smallest absolute Gasteiger partial charge is 0.397 e. The number of carbonyl (C=O) groups is 2. The zero-order valence-corrected chi connectivity index (χ0v) is 18.3. The molecule has 0 bridgehead atoms. The lowest BCUT2D eigenvalue weighted by molar-refractivity contribution is -0.545. The zero-order valence-electron chi connectivity index (χ0n) is 18.3. The number of amides is 3. The van der Waals surface area contributed by atoms with Crippen LogP contribution in [0.1, 0.15) is 27.7 Å². The van der Waals surface area contributed by atoms with E-state index in [-0.39, 0.29) is 17.9 Å². The summed E-state index contributed by atoms with van der Waals surface area (Å²) in [6.07, 6.45) is 0. The van der Waals surface area contributed by atoms with E-state index in [0.29, 0.717) is 24.9 Å². The molecular formula is C22H30N5O3+. The fourth-order valence-corrected chi connectivity index (χ4v) is 4.34. The molecule has 3 aliphatic heterocycles. The third kappa shape index (κ3) is 3.34. The fourth-order valence-electron chi connectivity index (χ4n) is 4.34. The van der Waals surface area contributed by atoms with Crippen molar-refractivity contribution in [1.82, 2.24) is 9.80 Å². The third-order valence-corrected chi connectivity index (χ3v) is 5.64. The van der Waals surface area contributed by atoms with Crippen molar-refractivity contribution < 1.29 is 18.9 Å². The van der Waals surface area contributed by atoms with Crippen molar-refractivity contribution in [3.8, 4) is 5.75 Å². The number of fused-ring (bicyclic) bond motifs is 2. The summed E-state index contributed by atoms with van der Waals surface area (Å²) in [7, 11) is 1.71. The van der Waals surface area contributed by atoms with Gasteiger partial charge in [-0.3, -0.25) is 14.6 Å². The topological polar surface area (TPSA) is 68.5 Å². The molecule has 3 aliphatic rings. The summed E-state index contributed by atoms with van der Waals surface area (Å²) in [5, 5.41) is 0. The number of carbonyl (C=O) groups excluding carboxylic acids is 2. The van der Waals surface area contributed by atoms with Gasteiger partial charge in [-0.05, 0) is 37.1 Å². The molecule has 2 atom stereocenters. The maximum absolute atomic E-state index is 13.3. The summed E-state index contributed by atoms with van der Waals surface area (Å²) < 4.78 is 7.61. The zero-order chi connectivity index (χ0) is 21.6. The predicted molar refractivity (Wildman–Crippen MR) is 115 cm³/mol. The molecule has 8 nitrogen and oxygen atoms in total. The van der Waals surface area contributed by atoms with Crippen LogP contribution in [-0.4, -0.2) is 77.4 Å². The van der Waals surface area contributed by atoms with Crippen LogP contribution in [0.2, 0.25) is 0 Å². The lowest BCUT2D eigenvalue weighted by Gasteiger charge is -2.36. The second-order valence-corrected chi connectivity index (χ2v) is 8.65. The molecule has 4 rings (SSSR count). The van der Waals surface area contributed by atoms with Gasteiger partial charge in [-0.15, -0.1) is 0 Å². The fraction of sp³-hybridized carbons (Fsp3) is 0.545. The normalized spacial score (nSPS) is 23.8. The summed E-state index contributed by atoms with van der Waals surface area (Å²) >= 11 is 0. The van der Waals surface area contributed by atoms with Crippen LogP contribution in [0.25, 0.3) is 0 Å². The van der Waals surface area contributed by atoms with Crippen LogP contribution in [0.3, 0.4) is 0 Å². The van der Waals surface area contributed by atoms with Gasteiger partial charge in [0.25, 0.3) is 5.91 Å². The minimum absolute atomic E-state index is 0.179. The monoisotopic (exact) mass is 412 g/mol. The summed E-state index contributed by atoms with van der Waals surface area (Å²) in [6.45, 7) is 10.7. The molecule has 0 saturated carbocycles. The number of ether oxygens (including phenoxy) is 1. The number of amidine groups is 1. The second kappa shape index (κ2) is 7.74. The Morgan fingerprint density at radius 2 is 1.93 bits per heavy atom. The molecule has 1 aromatic rings. The lowest BCUT2D eigenvalue weighted by atomic mass is 10.1. The van der Waals surface area contributed by atoms with Crippen LogP contribution >= 0.6 is 0 Å². The molecule has 0 aromatic heterocycles. The molecule has 1 fully saturated rings. The highest BCUT2D eigenvalue weighted by molar-refractivity contribution is 6.24. The SMILES string of the molecule is CCOc1ccc(N2CC(C)C[N+]3=C2N=C2C3C(=O)N(CC(C)C)C(=O)N2C)cc1. The van der Waals surface area contributed by atoms with Gasteiger partial charge in [0.15, 0.2) is 0 Å². The average Bonchev–Trinajstić information content (AvgIpc) is 3.09. The molecule has 0 N–H and O–H groups in total. The summed E-state index contributed by atoms with van der Waals surface area (Å²) in [5.74, 6) is 2.44. The van der Waals surface area contributed by atoms with Crippen molar-refractivity contribution in [2.24, 2.45) is 16.8 Å². The van der Waals surface area contributed by atoms with E-state index in [2.05, 4.69) is 16.4 Å². The standard InChI is InChI=1S/C22H30N5O3/c1-6-30-17-9-7-16(8-10-17)25-12-15(4)13-26-18-19(23-21(25)26)24(5)22(29)27(20(18)28)11-14(2)3/h7-10,14-15,18H,6,11-13H2,1-5H3/q+1. The number of rotatable bonds is 5. The Bertz CT molecular complexity index is 921. The Labute approximate surface area is 177 Å². The number of hydrogen-bond acceptors (Lipinski definition) is 5. The number of likely N-dealkylation sites (N-methyl/N-ethyl adjacent to an activating group) is 1. The van der Waals surface area contributed by atoms with Crippen LogP contribution in [0.4, 0.5) is 10.5 Å². The Hall–Kier alpha value is -2.90. The number of imide groups is 1. The van der Waals surface area contributed by atoms with E-state index in [0.717, 1.165) is 30.5 Å². The Balaban J connectivity index is 1.72. The van der Waals surface area contributed by atoms with E-state index in [1.165, 1.54) is 9.80 Å². The number of aliphatic imine (C=N–C) groups is 1. The molecule has 8 heteroatoms. The molecule has 30 heavy (non-hydrogen) atoms. The quantitative estimate of drug-likeness (QED) is 0.696. The van der Waals surface area contributed by atoms with Crippen LogP contribution in [0.5, 0.6) is 5.75 Å². The molecular weight excluding hydrogens is 382 g/mol. The van der Waals surface area contributed by atoms with Gasteiger partial charge in [-0.25, -0.2) is 14.3 Å². The highest BCUT2D eigenvalue weighted by Crippen LogP contribution is 2.29. The van der Waals surface area contributed by atoms with E-state index >= 15 is 0 Å². The lowest BCUT2D eigenvalue weighted by Crippen LogP contribution is -2.64. The highest BCUT2D eigenvalue weighted by Gasteiger charge is 2.55. The first-order valence-electron chi connectivity index (χ1n) is 10.6. The summed E-state index contributed by atoms with van der Waals surface area (Å²) in [5.41, 5.74) is 0.994. The van der Waals surface area contributed by atoms with Gasteiger partial charge >= 0.3 is 12.0 Å². The second-order valence-electron chi connectivity index (χ2n) is 8.65. The minimum Gasteiger partial charge on any atom is -0.494 e. The van der Waals surface area contributed by atoms with E-state index in [9.17, 15) is 9.59 Å². The van der Waals surface area contributed by atoms with Gasteiger partial charge < -0.3 is 4.74 Å². The average molecular weight is 413 g/mol. The number of urea groups is 1. The first-order valence-corrected chi connectivity index (χ1v) is 10.6. The predicted octanol–water partition coefficient (Wildman–Crippen LogP) is 2.24. The van der Waals surface area contributed by atoms with Crippen molar-refractivity contribution in [2.75, 3.05) is 38.2 Å². The number of hydrogen-bond donors (Lipinski definition) is 0. The molecule has 0 aliphatic carbocycles. The van der Waals surface area contributed by atoms with Crippen LogP contribution in [0, 0.1) is 11.8 Å². The largest absolute Gasteiger partial charge is 0.494 e. The summed E-state index contributed by atoms with van der Waals surface area (Å²) in [6, 6.07) is 7.07. The highest BCUT2D eigenvalue weighted by atomic mass is 16.5. The van der Waals surface area contributed by atoms with Gasteiger partial charge in [0.1, 0.15) is 11.4 Å². The van der Waals surface area contributed by atoms with Gasteiger partial charge in [0, 0.05) is 19.5 Å². The van der Waals surface area contributed by atoms with E-state index in [1.54, 1.807) is 7.05 Å². The molecule has 0 radical (unpaired) electrons. The number of benzene rings is 1. The van der Waals surface area contributed by atoms with Crippen molar-refractivity contribution in [3.05, 3.63) is 24.3 Å².